The summed E-state index contributed by atoms with van der Waals surface area (Å²) in [5.74, 6) is 0.487. The molecule has 1 fully saturated rings. The van der Waals surface area contributed by atoms with E-state index in [1.165, 1.54) is 36.1 Å². The molecule has 1 saturated heterocycles. The SMILES string of the molecule is Nc1ccc(C2CN3CCC[C@H]3c3ccccc32)cc1. The molecule has 2 heteroatoms. The van der Waals surface area contributed by atoms with Gasteiger partial charge in [0.25, 0.3) is 0 Å². The van der Waals surface area contributed by atoms with Crippen molar-refractivity contribution in [1.82, 2.24) is 4.90 Å². The van der Waals surface area contributed by atoms with Gasteiger partial charge >= 0.3 is 0 Å². The van der Waals surface area contributed by atoms with E-state index in [1.54, 1.807) is 0 Å². The maximum absolute atomic E-state index is 5.83. The minimum absolute atomic E-state index is 0.487. The highest BCUT2D eigenvalue weighted by Gasteiger charge is 2.35. The van der Waals surface area contributed by atoms with Crippen molar-refractivity contribution in [1.29, 1.82) is 0 Å². The highest BCUT2D eigenvalue weighted by Crippen LogP contribution is 2.43. The zero-order chi connectivity index (χ0) is 13.5. The van der Waals surface area contributed by atoms with Gasteiger partial charge in [-0.1, -0.05) is 36.4 Å². The lowest BCUT2D eigenvalue weighted by Gasteiger charge is -2.37. The lowest BCUT2D eigenvalue weighted by atomic mass is 9.81. The molecule has 1 unspecified atom stereocenters. The molecule has 2 N–H and O–H groups in total. The summed E-state index contributed by atoms with van der Waals surface area (Å²) in [5, 5.41) is 0. The van der Waals surface area contributed by atoms with Gasteiger partial charge in [-0.2, -0.15) is 0 Å². The summed E-state index contributed by atoms with van der Waals surface area (Å²) in [6.07, 6.45) is 2.64. The minimum atomic E-state index is 0.487. The molecule has 2 aliphatic heterocycles. The Hall–Kier alpha value is -1.80. The highest BCUT2D eigenvalue weighted by atomic mass is 15.2. The van der Waals surface area contributed by atoms with Gasteiger partial charge in [-0.15, -0.1) is 0 Å². The first kappa shape index (κ1) is 12.0. The quantitative estimate of drug-likeness (QED) is 0.798. The van der Waals surface area contributed by atoms with Crippen molar-refractivity contribution in [2.75, 3.05) is 18.8 Å². The van der Waals surface area contributed by atoms with E-state index in [0.29, 0.717) is 12.0 Å². The fraction of sp³-hybridized carbons (Fsp3) is 0.333. The smallest absolute Gasteiger partial charge is 0.0351 e. The van der Waals surface area contributed by atoms with Crippen LogP contribution in [0.5, 0.6) is 0 Å². The second-order valence-corrected chi connectivity index (χ2v) is 6.00. The predicted octanol–water partition coefficient (Wildman–Crippen LogP) is 3.55. The number of nitrogen functional groups attached to an aromatic ring is 1. The Kier molecular flexibility index (Phi) is 2.78. The standard InChI is InChI=1S/C18H20N2/c19-14-9-7-13(8-10-14)17-12-20-11-3-6-18(20)16-5-2-1-4-15(16)17/h1-2,4-5,7-10,17-18H,3,6,11-12,19H2/t17?,18-/m0/s1. The maximum atomic E-state index is 5.83. The summed E-state index contributed by atoms with van der Waals surface area (Å²) in [5.41, 5.74) is 11.1. The second kappa shape index (κ2) is 4.64. The summed E-state index contributed by atoms with van der Waals surface area (Å²) >= 11 is 0. The van der Waals surface area contributed by atoms with Gasteiger partial charge in [0, 0.05) is 24.2 Å². The van der Waals surface area contributed by atoms with Gasteiger partial charge in [-0.05, 0) is 48.2 Å². The number of nitrogens with two attached hydrogens (primary N) is 1. The number of fused-ring (bicyclic) bond motifs is 3. The molecule has 4 rings (SSSR count). The number of hydrogen-bond acceptors (Lipinski definition) is 2. The van der Waals surface area contributed by atoms with E-state index in [9.17, 15) is 0 Å². The number of anilines is 1. The van der Waals surface area contributed by atoms with Crippen molar-refractivity contribution in [3.8, 4) is 0 Å². The summed E-state index contributed by atoms with van der Waals surface area (Å²) in [7, 11) is 0. The zero-order valence-corrected chi connectivity index (χ0v) is 11.6. The fourth-order valence-electron chi connectivity index (χ4n) is 3.87. The van der Waals surface area contributed by atoms with Crippen molar-refractivity contribution in [3.05, 3.63) is 65.2 Å². The van der Waals surface area contributed by atoms with Crippen LogP contribution in [0.15, 0.2) is 48.5 Å². The number of rotatable bonds is 1. The van der Waals surface area contributed by atoms with E-state index in [-0.39, 0.29) is 0 Å². The summed E-state index contributed by atoms with van der Waals surface area (Å²) in [4.78, 5) is 2.66. The van der Waals surface area contributed by atoms with Gasteiger partial charge in [0.2, 0.25) is 0 Å². The third kappa shape index (κ3) is 1.83. The van der Waals surface area contributed by atoms with E-state index in [2.05, 4.69) is 41.3 Å². The fourth-order valence-corrected chi connectivity index (χ4v) is 3.87. The molecule has 2 aromatic rings. The van der Waals surface area contributed by atoms with Crippen LogP contribution in [0.2, 0.25) is 0 Å². The van der Waals surface area contributed by atoms with Gasteiger partial charge in [0.05, 0.1) is 0 Å². The third-order valence-corrected chi connectivity index (χ3v) is 4.85. The lowest BCUT2D eigenvalue weighted by molar-refractivity contribution is 0.230. The lowest BCUT2D eigenvalue weighted by Crippen LogP contribution is -2.34. The highest BCUT2D eigenvalue weighted by molar-refractivity contribution is 5.46. The van der Waals surface area contributed by atoms with Crippen LogP contribution in [0.3, 0.4) is 0 Å². The van der Waals surface area contributed by atoms with Gasteiger partial charge in [-0.3, -0.25) is 4.90 Å². The van der Waals surface area contributed by atoms with Crippen LogP contribution >= 0.6 is 0 Å². The van der Waals surface area contributed by atoms with Crippen molar-refractivity contribution >= 4 is 5.69 Å². The average molecular weight is 264 g/mol. The summed E-state index contributed by atoms with van der Waals surface area (Å²) < 4.78 is 0. The Morgan fingerprint density at radius 3 is 2.50 bits per heavy atom. The predicted molar refractivity (Wildman–Crippen MR) is 82.7 cm³/mol. The van der Waals surface area contributed by atoms with E-state index >= 15 is 0 Å². The molecule has 2 aromatic carbocycles. The van der Waals surface area contributed by atoms with E-state index in [4.69, 9.17) is 5.73 Å². The van der Waals surface area contributed by atoms with Crippen molar-refractivity contribution < 1.29 is 0 Å². The molecule has 0 spiro atoms. The number of hydrogen-bond donors (Lipinski definition) is 1. The zero-order valence-electron chi connectivity index (χ0n) is 11.6. The summed E-state index contributed by atoms with van der Waals surface area (Å²) in [6, 6.07) is 18.1. The Labute approximate surface area is 120 Å². The van der Waals surface area contributed by atoms with Gasteiger partial charge in [0.1, 0.15) is 0 Å². The molecule has 102 valence electrons. The van der Waals surface area contributed by atoms with Crippen molar-refractivity contribution in [2.24, 2.45) is 0 Å². The Bertz CT molecular complexity index is 618. The van der Waals surface area contributed by atoms with Crippen LogP contribution in [0.1, 0.15) is 41.5 Å². The van der Waals surface area contributed by atoms with Crippen LogP contribution in [-0.2, 0) is 0 Å². The van der Waals surface area contributed by atoms with Crippen molar-refractivity contribution in [3.63, 3.8) is 0 Å². The largest absolute Gasteiger partial charge is 0.399 e. The Morgan fingerprint density at radius 1 is 0.950 bits per heavy atom. The van der Waals surface area contributed by atoms with Crippen LogP contribution in [0, 0.1) is 0 Å². The molecule has 2 atom stereocenters. The van der Waals surface area contributed by atoms with Crippen LogP contribution in [-0.4, -0.2) is 18.0 Å². The first-order chi connectivity index (χ1) is 9.83. The maximum Gasteiger partial charge on any atom is 0.0351 e. The minimum Gasteiger partial charge on any atom is -0.399 e. The summed E-state index contributed by atoms with van der Waals surface area (Å²) in [6.45, 7) is 2.38. The molecule has 0 aromatic heterocycles. The number of nitrogens with zero attached hydrogens (tertiary/aromatic N) is 1. The molecule has 0 radical (unpaired) electrons. The molecule has 2 nitrogen and oxygen atoms in total. The molecule has 0 saturated carbocycles. The van der Waals surface area contributed by atoms with Gasteiger partial charge in [-0.25, -0.2) is 0 Å². The van der Waals surface area contributed by atoms with E-state index < -0.39 is 0 Å². The van der Waals surface area contributed by atoms with Crippen LogP contribution in [0.25, 0.3) is 0 Å². The van der Waals surface area contributed by atoms with Gasteiger partial charge in [0.15, 0.2) is 0 Å². The van der Waals surface area contributed by atoms with Gasteiger partial charge < -0.3 is 5.73 Å². The molecular formula is C18H20N2. The number of benzene rings is 2. The molecule has 20 heavy (non-hydrogen) atoms. The van der Waals surface area contributed by atoms with Crippen molar-refractivity contribution in [2.45, 2.75) is 24.8 Å². The topological polar surface area (TPSA) is 29.3 Å². The normalized spacial score (nSPS) is 25.2. The molecule has 0 bridgehead atoms. The molecule has 0 amide bonds. The first-order valence-corrected chi connectivity index (χ1v) is 7.51. The first-order valence-electron chi connectivity index (χ1n) is 7.51. The second-order valence-electron chi connectivity index (χ2n) is 6.00. The van der Waals surface area contributed by atoms with E-state index in [0.717, 1.165) is 12.2 Å². The monoisotopic (exact) mass is 264 g/mol. The molecule has 0 aliphatic carbocycles. The Balaban J connectivity index is 1.80. The third-order valence-electron chi connectivity index (χ3n) is 4.85. The Morgan fingerprint density at radius 2 is 1.70 bits per heavy atom. The molecular weight excluding hydrogens is 244 g/mol. The van der Waals surface area contributed by atoms with E-state index in [1.807, 2.05) is 12.1 Å². The average Bonchev–Trinajstić information content (AvgIpc) is 2.96. The van der Waals surface area contributed by atoms with Crippen LogP contribution in [0.4, 0.5) is 5.69 Å². The molecule has 2 aliphatic rings. The van der Waals surface area contributed by atoms with Crippen LogP contribution < -0.4 is 5.73 Å². The molecule has 2 heterocycles.